The van der Waals surface area contributed by atoms with Crippen molar-refractivity contribution < 1.29 is 69.7 Å². The number of hydrogen-bond donors (Lipinski definition) is 10. The highest BCUT2D eigenvalue weighted by Crippen LogP contribution is 2.50. The molecule has 15 heteroatoms. The highest BCUT2D eigenvalue weighted by molar-refractivity contribution is 5.92. The van der Waals surface area contributed by atoms with E-state index < -0.39 is 107 Å². The zero-order valence-corrected chi connectivity index (χ0v) is 21.9. The molecule has 0 bridgehead atoms. The third-order valence-electron chi connectivity index (χ3n) is 7.62. The lowest BCUT2D eigenvalue weighted by molar-refractivity contribution is -0.232. The first-order valence-electron chi connectivity index (χ1n) is 12.8. The van der Waals surface area contributed by atoms with Crippen LogP contribution >= 0.6 is 0 Å². The quantitative estimate of drug-likeness (QED) is 0.157. The van der Waals surface area contributed by atoms with Crippen molar-refractivity contribution in [2.45, 2.75) is 54.9 Å². The molecule has 0 spiro atoms. The SMILES string of the molecule is COc1ccc(-c2cc(=O)c3c(O)c(C4OC(CO)C(O)C(O)C4O)c(O)c(C4OCC(O)C(O)C4O)c3o2)cc1O. The number of aliphatic hydroxyl groups excluding tert-OH is 7. The van der Waals surface area contributed by atoms with Gasteiger partial charge in [-0.3, -0.25) is 4.79 Å². The lowest BCUT2D eigenvalue weighted by Gasteiger charge is -2.41. The van der Waals surface area contributed by atoms with Crippen LogP contribution in [0.25, 0.3) is 22.3 Å². The number of phenols is 3. The number of benzene rings is 2. The van der Waals surface area contributed by atoms with Crippen LogP contribution in [0.5, 0.6) is 23.0 Å². The summed E-state index contributed by atoms with van der Waals surface area (Å²) in [5.41, 5.74) is -2.44. The van der Waals surface area contributed by atoms with Crippen LogP contribution in [0.3, 0.4) is 0 Å². The summed E-state index contributed by atoms with van der Waals surface area (Å²) in [4.78, 5) is 13.5. The maximum atomic E-state index is 13.5. The number of aromatic hydroxyl groups is 3. The van der Waals surface area contributed by atoms with Crippen molar-refractivity contribution in [2.24, 2.45) is 0 Å². The molecule has 9 unspecified atom stereocenters. The van der Waals surface area contributed by atoms with Crippen LogP contribution in [0.15, 0.2) is 33.5 Å². The van der Waals surface area contributed by atoms with Crippen LogP contribution in [0.4, 0.5) is 0 Å². The standard InChI is InChI=1S/C27H30O15/c1-39-12-3-2-8(4-9(12)29)13-5-10(30)15-20(34)16(27-24(38)22(36)19(33)14(6-28)42-27)21(35)17(25(15)41-13)26-23(37)18(32)11(31)7-40-26/h2-5,11,14,18-19,22-24,26-29,31-38H,6-7H2,1H3. The summed E-state index contributed by atoms with van der Waals surface area (Å²) in [7, 11) is 1.33. The molecule has 228 valence electrons. The third-order valence-corrected chi connectivity index (χ3v) is 7.62. The minimum absolute atomic E-state index is 0.119. The van der Waals surface area contributed by atoms with Crippen molar-refractivity contribution in [3.05, 3.63) is 45.6 Å². The molecule has 2 aliphatic rings. The number of fused-ring (bicyclic) bond motifs is 1. The van der Waals surface area contributed by atoms with E-state index in [-0.39, 0.29) is 22.8 Å². The normalized spacial score (nSPS) is 31.8. The fourth-order valence-electron chi connectivity index (χ4n) is 5.33. The van der Waals surface area contributed by atoms with Gasteiger partial charge >= 0.3 is 0 Å². The van der Waals surface area contributed by atoms with Gasteiger partial charge in [-0.05, 0) is 18.2 Å². The first-order chi connectivity index (χ1) is 19.9. The summed E-state index contributed by atoms with van der Waals surface area (Å²) in [6, 6.07) is 5.00. The third kappa shape index (κ3) is 4.74. The number of aliphatic hydroxyl groups is 7. The van der Waals surface area contributed by atoms with E-state index in [1.54, 1.807) is 0 Å². The minimum atomic E-state index is -2.00. The maximum absolute atomic E-state index is 13.5. The highest BCUT2D eigenvalue weighted by Gasteiger charge is 2.48. The molecule has 0 radical (unpaired) electrons. The molecule has 2 aliphatic heterocycles. The Balaban J connectivity index is 1.80. The van der Waals surface area contributed by atoms with Gasteiger partial charge in [0, 0.05) is 11.6 Å². The van der Waals surface area contributed by atoms with Gasteiger partial charge in [0.15, 0.2) is 22.5 Å². The molecule has 3 aromatic rings. The Hall–Kier alpha value is -3.51. The zero-order valence-electron chi connectivity index (χ0n) is 21.9. The molecule has 0 amide bonds. The topological polar surface area (TPSA) is 260 Å². The van der Waals surface area contributed by atoms with Crippen molar-refractivity contribution in [1.82, 2.24) is 0 Å². The Kier molecular flexibility index (Phi) is 8.06. The fraction of sp³-hybridized carbons (Fsp3) is 0.444. The number of ether oxygens (including phenoxy) is 3. The second-order valence-electron chi connectivity index (χ2n) is 10.1. The molecule has 1 aromatic heterocycles. The van der Waals surface area contributed by atoms with Crippen LogP contribution in [0, 0.1) is 0 Å². The van der Waals surface area contributed by atoms with E-state index >= 15 is 0 Å². The van der Waals surface area contributed by atoms with Gasteiger partial charge in [-0.25, -0.2) is 0 Å². The molecule has 5 rings (SSSR count). The van der Waals surface area contributed by atoms with Crippen molar-refractivity contribution in [3.63, 3.8) is 0 Å². The average molecular weight is 595 g/mol. The van der Waals surface area contributed by atoms with Gasteiger partial charge in [-0.2, -0.15) is 0 Å². The number of phenolic OH excluding ortho intramolecular Hbond substituents is 3. The van der Waals surface area contributed by atoms with Crippen LogP contribution in [-0.4, -0.2) is 114 Å². The van der Waals surface area contributed by atoms with Gasteiger partial charge in [0.1, 0.15) is 77.6 Å². The van der Waals surface area contributed by atoms with E-state index in [1.165, 1.54) is 25.3 Å². The maximum Gasteiger partial charge on any atom is 0.197 e. The predicted molar refractivity (Wildman–Crippen MR) is 139 cm³/mol. The molecule has 2 fully saturated rings. The van der Waals surface area contributed by atoms with Crippen molar-refractivity contribution in [1.29, 1.82) is 0 Å². The molecular formula is C27H30O15. The Morgan fingerprint density at radius 1 is 0.857 bits per heavy atom. The number of methoxy groups -OCH3 is 1. The average Bonchev–Trinajstić information content (AvgIpc) is 2.96. The van der Waals surface area contributed by atoms with Gasteiger partial charge in [0.25, 0.3) is 0 Å². The van der Waals surface area contributed by atoms with Crippen LogP contribution in [0.1, 0.15) is 23.3 Å². The van der Waals surface area contributed by atoms with Crippen LogP contribution < -0.4 is 10.2 Å². The Morgan fingerprint density at radius 3 is 2.19 bits per heavy atom. The number of rotatable bonds is 5. The van der Waals surface area contributed by atoms with Crippen molar-refractivity contribution in [3.8, 4) is 34.3 Å². The van der Waals surface area contributed by atoms with Gasteiger partial charge < -0.3 is 69.7 Å². The van der Waals surface area contributed by atoms with E-state index in [1.807, 2.05) is 0 Å². The molecule has 3 heterocycles. The molecule has 2 aromatic carbocycles. The summed E-state index contributed by atoms with van der Waals surface area (Å²) >= 11 is 0. The highest BCUT2D eigenvalue weighted by atomic mass is 16.5. The van der Waals surface area contributed by atoms with Gasteiger partial charge in [-0.1, -0.05) is 0 Å². The lowest BCUT2D eigenvalue weighted by atomic mass is 9.85. The smallest absolute Gasteiger partial charge is 0.197 e. The first kappa shape index (κ1) is 30.0. The molecule has 0 aliphatic carbocycles. The largest absolute Gasteiger partial charge is 0.507 e. The molecule has 15 nitrogen and oxygen atoms in total. The van der Waals surface area contributed by atoms with Crippen LogP contribution in [-0.2, 0) is 9.47 Å². The second-order valence-corrected chi connectivity index (χ2v) is 10.1. The summed E-state index contributed by atoms with van der Waals surface area (Å²) in [6.07, 6.45) is -15.9. The second kappa shape index (κ2) is 11.3. The molecular weight excluding hydrogens is 564 g/mol. The summed E-state index contributed by atoms with van der Waals surface area (Å²) in [5.74, 6) is -2.26. The minimum Gasteiger partial charge on any atom is -0.507 e. The number of hydrogen-bond acceptors (Lipinski definition) is 15. The summed E-state index contributed by atoms with van der Waals surface area (Å²) in [5, 5.41) is 104. The first-order valence-corrected chi connectivity index (χ1v) is 12.8. The molecule has 9 atom stereocenters. The van der Waals surface area contributed by atoms with Crippen molar-refractivity contribution >= 4 is 11.0 Å². The molecule has 2 saturated heterocycles. The monoisotopic (exact) mass is 594 g/mol. The molecule has 10 N–H and O–H groups in total. The fourth-order valence-corrected chi connectivity index (χ4v) is 5.33. The van der Waals surface area contributed by atoms with E-state index in [9.17, 15) is 55.9 Å². The molecule has 42 heavy (non-hydrogen) atoms. The van der Waals surface area contributed by atoms with Gasteiger partial charge in [0.2, 0.25) is 0 Å². The Morgan fingerprint density at radius 2 is 1.55 bits per heavy atom. The van der Waals surface area contributed by atoms with Gasteiger partial charge in [-0.15, -0.1) is 0 Å². The Bertz CT molecular complexity index is 1530. The van der Waals surface area contributed by atoms with Crippen LogP contribution in [0.2, 0.25) is 0 Å². The van der Waals surface area contributed by atoms with Gasteiger partial charge in [0.05, 0.1) is 31.5 Å². The van der Waals surface area contributed by atoms with E-state index in [4.69, 9.17) is 18.6 Å². The van der Waals surface area contributed by atoms with E-state index in [2.05, 4.69) is 0 Å². The predicted octanol–water partition coefficient (Wildman–Crippen LogP) is -1.75. The summed E-state index contributed by atoms with van der Waals surface area (Å²) < 4.78 is 22.0. The van der Waals surface area contributed by atoms with Crippen molar-refractivity contribution in [2.75, 3.05) is 20.3 Å². The molecule has 0 saturated carbocycles. The Labute approximate surface area is 236 Å². The summed E-state index contributed by atoms with van der Waals surface area (Å²) in [6.45, 7) is -1.37. The van der Waals surface area contributed by atoms with E-state index in [0.717, 1.165) is 6.07 Å². The lowest BCUT2D eigenvalue weighted by Crippen LogP contribution is -2.55. The van der Waals surface area contributed by atoms with E-state index in [0.29, 0.717) is 0 Å². The zero-order chi connectivity index (χ0) is 30.6.